The molecule has 0 unspecified atom stereocenters. The molecule has 1 aliphatic heterocycles. The van der Waals surface area contributed by atoms with Gasteiger partial charge in [0, 0.05) is 81.2 Å². The maximum absolute atomic E-state index is 14.1. The Bertz CT molecular complexity index is 1850. The summed E-state index contributed by atoms with van der Waals surface area (Å²) in [6.07, 6.45) is 0.740. The van der Waals surface area contributed by atoms with E-state index in [1.54, 1.807) is 30.6 Å². The molecule has 3 aromatic heterocycles. The number of carbonyl (C=O) groups is 1. The molecule has 0 aliphatic carbocycles. The van der Waals surface area contributed by atoms with E-state index < -0.39 is 17.6 Å². The molecule has 8 nitrogen and oxygen atoms in total. The molecule has 0 bridgehead atoms. The number of benzene rings is 2. The minimum absolute atomic E-state index is 0.0683. The quantitative estimate of drug-likeness (QED) is 0.219. The topological polar surface area (TPSA) is 75.5 Å². The van der Waals surface area contributed by atoms with Crippen LogP contribution in [0.15, 0.2) is 79.3 Å². The van der Waals surface area contributed by atoms with E-state index in [1.807, 2.05) is 60.9 Å². The third-order valence-electron chi connectivity index (χ3n) is 8.09. The Hall–Kier alpha value is -4.74. The molecule has 1 fully saturated rings. The highest BCUT2D eigenvalue weighted by Gasteiger charge is 2.34. The van der Waals surface area contributed by atoms with Gasteiger partial charge in [-0.15, -0.1) is 0 Å². The molecule has 0 atom stereocenters. The van der Waals surface area contributed by atoms with Crippen molar-refractivity contribution < 1.29 is 22.7 Å². The predicted octanol–water partition coefficient (Wildman–Crippen LogP) is 6.75. The number of likely N-dealkylation sites (N-methyl/N-ethyl adjacent to an activating group) is 1. The standard InChI is InChI=1S/C34H33F3N6O2/c1-22-6-7-23(17-30(22)45-31-19-29(24-5-4-11-38-20-24)40-32-27(31)10-12-42(32)3)33(44)39-26-9-8-25(28(18-26)34(35,36)37)21-43-15-13-41(2)14-16-43/h4-12,17-20H,13-16,21H2,1-3H3,(H,39,44). The fraction of sp³-hybridized carbons (Fsp3) is 0.265. The van der Waals surface area contributed by atoms with Gasteiger partial charge in [0.15, 0.2) is 0 Å². The van der Waals surface area contributed by atoms with Gasteiger partial charge in [0.05, 0.1) is 16.6 Å². The molecule has 11 heteroatoms. The molecule has 1 N–H and O–H groups in total. The molecule has 1 amide bonds. The Balaban J connectivity index is 1.25. The lowest BCUT2D eigenvalue weighted by Crippen LogP contribution is -2.44. The fourth-order valence-electron chi connectivity index (χ4n) is 5.42. The number of fused-ring (bicyclic) bond motifs is 1. The van der Waals surface area contributed by atoms with Crippen LogP contribution in [0.25, 0.3) is 22.3 Å². The first kappa shape index (κ1) is 30.3. The highest BCUT2D eigenvalue weighted by Crippen LogP contribution is 2.36. The number of hydrogen-bond donors (Lipinski definition) is 1. The number of halogens is 3. The molecule has 6 rings (SSSR count). The molecule has 0 saturated carbocycles. The summed E-state index contributed by atoms with van der Waals surface area (Å²) in [7, 11) is 3.89. The summed E-state index contributed by atoms with van der Waals surface area (Å²) < 4.78 is 50.6. The van der Waals surface area contributed by atoms with Crippen LogP contribution < -0.4 is 10.1 Å². The van der Waals surface area contributed by atoms with Crippen LogP contribution in [0, 0.1) is 6.92 Å². The van der Waals surface area contributed by atoms with Gasteiger partial charge in [-0.3, -0.25) is 14.7 Å². The Kier molecular flexibility index (Phi) is 8.30. The first-order valence-corrected chi connectivity index (χ1v) is 14.6. The van der Waals surface area contributed by atoms with Crippen molar-refractivity contribution >= 4 is 22.6 Å². The monoisotopic (exact) mass is 614 g/mol. The number of amides is 1. The van der Waals surface area contributed by atoms with E-state index >= 15 is 0 Å². The fourth-order valence-corrected chi connectivity index (χ4v) is 5.42. The van der Waals surface area contributed by atoms with Gasteiger partial charge in [-0.1, -0.05) is 12.1 Å². The van der Waals surface area contributed by atoms with Gasteiger partial charge in [-0.25, -0.2) is 4.98 Å². The minimum Gasteiger partial charge on any atom is -0.456 e. The van der Waals surface area contributed by atoms with Crippen LogP contribution in [0.3, 0.4) is 0 Å². The molecule has 0 spiro atoms. The SMILES string of the molecule is Cc1ccc(C(=O)Nc2ccc(CN3CCN(C)CC3)c(C(F)(F)F)c2)cc1Oc1cc(-c2cccnc2)nc2c1ccn2C. The van der Waals surface area contributed by atoms with Crippen LogP contribution in [0.5, 0.6) is 11.5 Å². The van der Waals surface area contributed by atoms with E-state index in [-0.39, 0.29) is 23.4 Å². The van der Waals surface area contributed by atoms with Crippen LogP contribution in [0.2, 0.25) is 0 Å². The normalized spacial score (nSPS) is 14.5. The zero-order valence-electron chi connectivity index (χ0n) is 25.2. The van der Waals surface area contributed by atoms with E-state index in [4.69, 9.17) is 9.72 Å². The summed E-state index contributed by atoms with van der Waals surface area (Å²) in [5, 5.41) is 3.43. The van der Waals surface area contributed by atoms with Gasteiger partial charge in [0.1, 0.15) is 17.1 Å². The van der Waals surface area contributed by atoms with E-state index in [1.165, 1.54) is 12.1 Å². The van der Waals surface area contributed by atoms with Crippen molar-refractivity contribution in [1.29, 1.82) is 0 Å². The number of alkyl halides is 3. The first-order valence-electron chi connectivity index (χ1n) is 14.6. The Morgan fingerprint density at radius 1 is 0.978 bits per heavy atom. The number of aromatic nitrogens is 3. The third-order valence-corrected chi connectivity index (χ3v) is 8.09. The zero-order valence-corrected chi connectivity index (χ0v) is 25.2. The number of nitrogens with one attached hydrogen (secondary N) is 1. The number of nitrogens with zero attached hydrogens (tertiary/aromatic N) is 5. The number of ether oxygens (including phenoxy) is 1. The van der Waals surface area contributed by atoms with Crippen molar-refractivity contribution in [2.75, 3.05) is 38.5 Å². The summed E-state index contributed by atoms with van der Waals surface area (Å²) in [6, 6.07) is 16.4. The molecule has 1 aliphatic rings. The number of hydrogen-bond acceptors (Lipinski definition) is 6. The van der Waals surface area contributed by atoms with E-state index in [0.717, 1.165) is 41.3 Å². The number of aryl methyl sites for hydroxylation is 2. The molecule has 1 saturated heterocycles. The summed E-state index contributed by atoms with van der Waals surface area (Å²) in [5.74, 6) is 0.441. The number of anilines is 1. The van der Waals surface area contributed by atoms with Crippen LogP contribution in [0.1, 0.15) is 27.0 Å². The van der Waals surface area contributed by atoms with E-state index in [0.29, 0.717) is 30.3 Å². The number of carbonyl (C=O) groups excluding carboxylic acids is 1. The predicted molar refractivity (Wildman–Crippen MR) is 167 cm³/mol. The van der Waals surface area contributed by atoms with Crippen LogP contribution in [-0.2, 0) is 19.8 Å². The van der Waals surface area contributed by atoms with Crippen molar-refractivity contribution in [2.24, 2.45) is 7.05 Å². The van der Waals surface area contributed by atoms with Gasteiger partial charge in [0.2, 0.25) is 0 Å². The second kappa shape index (κ2) is 12.3. The van der Waals surface area contributed by atoms with E-state index in [2.05, 4.69) is 15.2 Å². The lowest BCUT2D eigenvalue weighted by Gasteiger charge is -2.33. The van der Waals surface area contributed by atoms with Gasteiger partial charge in [-0.05, 0) is 67.6 Å². The number of piperazine rings is 1. The van der Waals surface area contributed by atoms with Crippen LogP contribution in [0.4, 0.5) is 18.9 Å². The van der Waals surface area contributed by atoms with Crippen molar-refractivity contribution in [1.82, 2.24) is 24.3 Å². The molecule has 45 heavy (non-hydrogen) atoms. The highest BCUT2D eigenvalue weighted by molar-refractivity contribution is 6.04. The molecule has 232 valence electrons. The van der Waals surface area contributed by atoms with E-state index in [9.17, 15) is 18.0 Å². The average molecular weight is 615 g/mol. The smallest absolute Gasteiger partial charge is 0.416 e. The molecular weight excluding hydrogens is 581 g/mol. The average Bonchev–Trinajstić information content (AvgIpc) is 3.40. The Morgan fingerprint density at radius 3 is 2.51 bits per heavy atom. The highest BCUT2D eigenvalue weighted by atomic mass is 19.4. The maximum atomic E-state index is 14.1. The van der Waals surface area contributed by atoms with Gasteiger partial charge in [-0.2, -0.15) is 13.2 Å². The van der Waals surface area contributed by atoms with Crippen molar-refractivity contribution in [3.8, 4) is 22.8 Å². The number of pyridine rings is 2. The summed E-state index contributed by atoms with van der Waals surface area (Å²) >= 11 is 0. The van der Waals surface area contributed by atoms with Crippen LogP contribution >= 0.6 is 0 Å². The largest absolute Gasteiger partial charge is 0.456 e. The minimum atomic E-state index is -4.56. The summed E-state index contributed by atoms with van der Waals surface area (Å²) in [6.45, 7) is 5.06. The second-order valence-electron chi connectivity index (χ2n) is 11.4. The third kappa shape index (κ3) is 6.69. The lowest BCUT2D eigenvalue weighted by atomic mass is 10.0. The zero-order chi connectivity index (χ0) is 31.7. The maximum Gasteiger partial charge on any atom is 0.416 e. The molecule has 5 aromatic rings. The molecule has 2 aromatic carbocycles. The second-order valence-corrected chi connectivity index (χ2v) is 11.4. The van der Waals surface area contributed by atoms with Crippen LogP contribution in [-0.4, -0.2) is 63.5 Å². The summed E-state index contributed by atoms with van der Waals surface area (Å²) in [4.78, 5) is 26.4. The Labute approximate surface area is 259 Å². The first-order chi connectivity index (χ1) is 21.5. The van der Waals surface area contributed by atoms with Crippen molar-refractivity contribution in [3.05, 3.63) is 102 Å². The van der Waals surface area contributed by atoms with Crippen molar-refractivity contribution in [3.63, 3.8) is 0 Å². The lowest BCUT2D eigenvalue weighted by molar-refractivity contribution is -0.138. The van der Waals surface area contributed by atoms with Crippen molar-refractivity contribution in [2.45, 2.75) is 19.6 Å². The van der Waals surface area contributed by atoms with Gasteiger partial charge >= 0.3 is 6.18 Å². The molecule has 0 radical (unpaired) electrons. The van der Waals surface area contributed by atoms with Gasteiger partial charge in [0.25, 0.3) is 5.91 Å². The molecular formula is C34H33F3N6O2. The molecule has 4 heterocycles. The number of rotatable bonds is 7. The van der Waals surface area contributed by atoms with Gasteiger partial charge < -0.3 is 19.5 Å². The Morgan fingerprint density at radius 2 is 1.78 bits per heavy atom. The summed E-state index contributed by atoms with van der Waals surface area (Å²) in [5.41, 5.74) is 2.75.